The zero-order valence-electron chi connectivity index (χ0n) is 10.5. The quantitative estimate of drug-likeness (QED) is 0.739. The predicted molar refractivity (Wildman–Crippen MR) is 69.2 cm³/mol. The molecule has 0 aromatic rings. The molecule has 1 saturated heterocycles. The van der Waals surface area contributed by atoms with Crippen LogP contribution in [-0.2, 0) is 9.59 Å². The van der Waals surface area contributed by atoms with Crippen LogP contribution in [0.1, 0.15) is 33.1 Å². The minimum absolute atomic E-state index is 0.0244. The van der Waals surface area contributed by atoms with Gasteiger partial charge in [0.15, 0.2) is 0 Å². The van der Waals surface area contributed by atoms with Gasteiger partial charge in [0.05, 0.1) is 5.75 Å². The Morgan fingerprint density at radius 1 is 1.47 bits per heavy atom. The molecule has 5 heteroatoms. The van der Waals surface area contributed by atoms with E-state index in [-0.39, 0.29) is 5.91 Å². The van der Waals surface area contributed by atoms with E-state index in [1.807, 2.05) is 0 Å². The number of aliphatic carboxylic acids is 1. The Labute approximate surface area is 107 Å². The fourth-order valence-electron chi connectivity index (χ4n) is 1.88. The normalized spacial score (nSPS) is 19.9. The molecule has 0 aliphatic carbocycles. The van der Waals surface area contributed by atoms with Crippen molar-refractivity contribution < 1.29 is 14.7 Å². The molecule has 0 bridgehead atoms. The lowest BCUT2D eigenvalue weighted by molar-refractivity contribution is -0.147. The molecule has 1 atom stereocenters. The highest BCUT2D eigenvalue weighted by molar-refractivity contribution is 7.99. The zero-order chi connectivity index (χ0) is 12.8. The summed E-state index contributed by atoms with van der Waals surface area (Å²) in [6, 6.07) is -0.590. The summed E-state index contributed by atoms with van der Waals surface area (Å²) in [5.74, 6) is 1.13. The van der Waals surface area contributed by atoms with Crippen molar-refractivity contribution in [2.45, 2.75) is 39.2 Å². The van der Waals surface area contributed by atoms with Gasteiger partial charge >= 0.3 is 5.97 Å². The average molecular weight is 259 g/mol. The number of amides is 1. The molecule has 98 valence electrons. The van der Waals surface area contributed by atoms with E-state index in [0.717, 1.165) is 18.6 Å². The second-order valence-corrected chi connectivity index (χ2v) is 5.92. The lowest BCUT2D eigenvalue weighted by Gasteiger charge is -2.21. The van der Waals surface area contributed by atoms with Crippen LogP contribution in [0.5, 0.6) is 0 Å². The lowest BCUT2D eigenvalue weighted by atomic mass is 10.2. The van der Waals surface area contributed by atoms with Crippen molar-refractivity contribution in [2.75, 3.05) is 18.1 Å². The number of carbonyl (C=O) groups excluding carboxylic acids is 1. The molecule has 1 aliphatic rings. The van der Waals surface area contributed by atoms with Gasteiger partial charge in [0.1, 0.15) is 6.04 Å². The van der Waals surface area contributed by atoms with Crippen molar-refractivity contribution in [3.63, 3.8) is 0 Å². The van der Waals surface area contributed by atoms with E-state index in [0.29, 0.717) is 24.6 Å². The summed E-state index contributed by atoms with van der Waals surface area (Å²) in [5, 5.41) is 8.98. The summed E-state index contributed by atoms with van der Waals surface area (Å²) in [6.45, 7) is 4.91. The van der Waals surface area contributed by atoms with Crippen LogP contribution in [0.25, 0.3) is 0 Å². The molecule has 4 nitrogen and oxygen atoms in total. The summed E-state index contributed by atoms with van der Waals surface area (Å²) in [7, 11) is 0. The minimum Gasteiger partial charge on any atom is -0.480 e. The number of thioether (sulfide) groups is 1. The Morgan fingerprint density at radius 3 is 2.76 bits per heavy atom. The SMILES string of the molecule is CC(C)CCSCC(=O)N1CCC[C@H]1C(=O)O. The smallest absolute Gasteiger partial charge is 0.326 e. The monoisotopic (exact) mass is 259 g/mol. The topological polar surface area (TPSA) is 57.6 Å². The number of nitrogens with zero attached hydrogens (tertiary/aromatic N) is 1. The number of hydrogen-bond acceptors (Lipinski definition) is 3. The molecule has 0 spiro atoms. The summed E-state index contributed by atoms with van der Waals surface area (Å²) in [6.07, 6.45) is 2.50. The number of carboxylic acid groups (broad SMARTS) is 1. The fraction of sp³-hybridized carbons (Fsp3) is 0.833. The Bertz CT molecular complexity index is 281. The van der Waals surface area contributed by atoms with Gasteiger partial charge in [-0.25, -0.2) is 4.79 Å². The molecule has 1 amide bonds. The first-order valence-corrected chi connectivity index (χ1v) is 7.28. The molecule has 17 heavy (non-hydrogen) atoms. The van der Waals surface area contributed by atoms with Gasteiger partial charge in [0.25, 0.3) is 0 Å². The van der Waals surface area contributed by atoms with Crippen LogP contribution in [0.4, 0.5) is 0 Å². The van der Waals surface area contributed by atoms with E-state index in [1.54, 1.807) is 11.8 Å². The molecule has 1 aliphatic heterocycles. The number of rotatable bonds is 6. The molecule has 0 radical (unpaired) electrons. The van der Waals surface area contributed by atoms with Gasteiger partial charge in [0, 0.05) is 6.54 Å². The predicted octanol–water partition coefficient (Wildman–Crippen LogP) is 1.84. The van der Waals surface area contributed by atoms with Crippen LogP contribution in [0.15, 0.2) is 0 Å². The van der Waals surface area contributed by atoms with Gasteiger partial charge in [-0.1, -0.05) is 13.8 Å². The van der Waals surface area contributed by atoms with Gasteiger partial charge in [-0.3, -0.25) is 4.79 Å². The number of hydrogen-bond donors (Lipinski definition) is 1. The molecule has 1 N–H and O–H groups in total. The Kier molecular flexibility index (Phi) is 5.82. The van der Waals surface area contributed by atoms with Gasteiger partial charge < -0.3 is 10.0 Å². The fourth-order valence-corrected chi connectivity index (χ4v) is 3.01. The second kappa shape index (κ2) is 6.89. The van der Waals surface area contributed by atoms with Crippen molar-refractivity contribution in [1.82, 2.24) is 4.90 Å². The third-order valence-electron chi connectivity index (χ3n) is 2.92. The third kappa shape index (κ3) is 4.58. The first-order valence-electron chi connectivity index (χ1n) is 6.12. The van der Waals surface area contributed by atoms with E-state index in [9.17, 15) is 9.59 Å². The van der Waals surface area contributed by atoms with Crippen molar-refractivity contribution >= 4 is 23.6 Å². The van der Waals surface area contributed by atoms with Crippen molar-refractivity contribution in [3.8, 4) is 0 Å². The average Bonchev–Trinajstić information content (AvgIpc) is 2.72. The van der Waals surface area contributed by atoms with Crippen LogP contribution >= 0.6 is 11.8 Å². The summed E-state index contributed by atoms with van der Waals surface area (Å²) in [5.41, 5.74) is 0. The molecule has 1 rings (SSSR count). The van der Waals surface area contributed by atoms with Gasteiger partial charge in [-0.15, -0.1) is 0 Å². The summed E-state index contributed by atoms with van der Waals surface area (Å²) in [4.78, 5) is 24.3. The molecule has 1 fully saturated rings. The highest BCUT2D eigenvalue weighted by Crippen LogP contribution is 2.19. The highest BCUT2D eigenvalue weighted by atomic mass is 32.2. The van der Waals surface area contributed by atoms with E-state index in [1.165, 1.54) is 4.90 Å². The van der Waals surface area contributed by atoms with Gasteiger partial charge in [-0.2, -0.15) is 11.8 Å². The van der Waals surface area contributed by atoms with Crippen LogP contribution in [0.2, 0.25) is 0 Å². The molecule has 0 aromatic heterocycles. The summed E-state index contributed by atoms with van der Waals surface area (Å²) < 4.78 is 0. The minimum atomic E-state index is -0.872. The van der Waals surface area contributed by atoms with E-state index in [2.05, 4.69) is 13.8 Å². The number of likely N-dealkylation sites (tertiary alicyclic amines) is 1. The molecule has 1 heterocycles. The maximum atomic E-state index is 11.8. The number of carbonyl (C=O) groups is 2. The lowest BCUT2D eigenvalue weighted by Crippen LogP contribution is -2.41. The molecular weight excluding hydrogens is 238 g/mol. The first kappa shape index (κ1) is 14.4. The molecule has 0 unspecified atom stereocenters. The van der Waals surface area contributed by atoms with Crippen LogP contribution < -0.4 is 0 Å². The second-order valence-electron chi connectivity index (χ2n) is 4.82. The Balaban J connectivity index is 2.29. The summed E-state index contributed by atoms with van der Waals surface area (Å²) >= 11 is 1.61. The van der Waals surface area contributed by atoms with E-state index < -0.39 is 12.0 Å². The highest BCUT2D eigenvalue weighted by Gasteiger charge is 2.33. The van der Waals surface area contributed by atoms with Crippen LogP contribution in [0.3, 0.4) is 0 Å². The van der Waals surface area contributed by atoms with Crippen molar-refractivity contribution in [1.29, 1.82) is 0 Å². The molecular formula is C12H21NO3S. The van der Waals surface area contributed by atoms with Crippen LogP contribution in [-0.4, -0.2) is 46.0 Å². The van der Waals surface area contributed by atoms with Gasteiger partial charge in [-0.05, 0) is 30.9 Å². The third-order valence-corrected chi connectivity index (χ3v) is 3.90. The molecule has 0 aromatic carbocycles. The first-order chi connectivity index (χ1) is 8.02. The van der Waals surface area contributed by atoms with Crippen molar-refractivity contribution in [2.24, 2.45) is 5.92 Å². The van der Waals surface area contributed by atoms with Crippen LogP contribution in [0, 0.1) is 5.92 Å². The molecule has 0 saturated carbocycles. The largest absolute Gasteiger partial charge is 0.480 e. The Morgan fingerprint density at radius 2 is 2.18 bits per heavy atom. The maximum Gasteiger partial charge on any atom is 0.326 e. The van der Waals surface area contributed by atoms with E-state index >= 15 is 0 Å². The van der Waals surface area contributed by atoms with Gasteiger partial charge in [0.2, 0.25) is 5.91 Å². The maximum absolute atomic E-state index is 11.8. The Hall–Kier alpha value is -0.710. The van der Waals surface area contributed by atoms with Crippen molar-refractivity contribution in [3.05, 3.63) is 0 Å². The van der Waals surface area contributed by atoms with E-state index in [4.69, 9.17) is 5.11 Å². The number of carboxylic acids is 1. The zero-order valence-corrected chi connectivity index (χ0v) is 11.3. The standard InChI is InChI=1S/C12H21NO3S/c1-9(2)5-7-17-8-11(14)13-6-3-4-10(13)12(15)16/h9-10H,3-8H2,1-2H3,(H,15,16)/t10-/m0/s1.